The van der Waals surface area contributed by atoms with Gasteiger partial charge in [-0.05, 0) is 25.5 Å². The predicted molar refractivity (Wildman–Crippen MR) is 64.9 cm³/mol. The molecule has 16 heavy (non-hydrogen) atoms. The summed E-state index contributed by atoms with van der Waals surface area (Å²) in [7, 11) is 1.95. The Morgan fingerprint density at radius 1 is 1.31 bits per heavy atom. The molecule has 0 saturated heterocycles. The van der Waals surface area contributed by atoms with Gasteiger partial charge in [0.1, 0.15) is 6.20 Å². The quantitative estimate of drug-likeness (QED) is 0.754. The van der Waals surface area contributed by atoms with Gasteiger partial charge in [0.15, 0.2) is 6.73 Å². The van der Waals surface area contributed by atoms with Crippen molar-refractivity contribution in [3.8, 4) is 0 Å². The molecule has 84 valence electrons. The third-order valence-electron chi connectivity index (χ3n) is 2.99. The van der Waals surface area contributed by atoms with Crippen molar-refractivity contribution in [1.29, 1.82) is 0 Å². The van der Waals surface area contributed by atoms with Crippen molar-refractivity contribution in [3.05, 3.63) is 47.3 Å². The monoisotopic (exact) mass is 217 g/mol. The first-order valence-corrected chi connectivity index (χ1v) is 5.36. The van der Waals surface area contributed by atoms with E-state index in [1.165, 1.54) is 11.1 Å². The van der Waals surface area contributed by atoms with Gasteiger partial charge in [0.2, 0.25) is 5.84 Å². The molecule has 0 aliphatic carbocycles. The first-order valence-electron chi connectivity index (χ1n) is 5.36. The van der Waals surface area contributed by atoms with E-state index in [-0.39, 0.29) is 6.73 Å². The van der Waals surface area contributed by atoms with E-state index in [0.29, 0.717) is 4.48 Å². The van der Waals surface area contributed by atoms with Crippen LogP contribution in [0.2, 0.25) is 0 Å². The Kier molecular flexibility index (Phi) is 2.66. The van der Waals surface area contributed by atoms with Gasteiger partial charge in [-0.15, -0.1) is 0 Å². The molecule has 0 fully saturated rings. The van der Waals surface area contributed by atoms with Crippen LogP contribution in [0, 0.1) is 13.8 Å². The highest BCUT2D eigenvalue weighted by atomic mass is 16.3. The molecule has 1 aliphatic heterocycles. The molecule has 0 bridgehead atoms. The van der Waals surface area contributed by atoms with Crippen molar-refractivity contribution in [2.45, 2.75) is 13.8 Å². The minimum absolute atomic E-state index is 0.0304. The van der Waals surface area contributed by atoms with Gasteiger partial charge in [-0.1, -0.05) is 17.7 Å². The molecule has 0 spiro atoms. The van der Waals surface area contributed by atoms with Gasteiger partial charge in [-0.2, -0.15) is 4.99 Å². The number of hydrogen-bond donors (Lipinski definition) is 1. The van der Waals surface area contributed by atoms with Crippen molar-refractivity contribution in [2.75, 3.05) is 13.8 Å². The number of aliphatic hydroxyl groups excluding tert-OH is 1. The minimum atomic E-state index is 0.0304. The molecular weight excluding hydrogens is 200 g/mol. The molecule has 0 amide bonds. The van der Waals surface area contributed by atoms with E-state index in [2.05, 4.69) is 37.0 Å². The van der Waals surface area contributed by atoms with Gasteiger partial charge in [0, 0.05) is 0 Å². The molecule has 1 aromatic carbocycles. The zero-order valence-corrected chi connectivity index (χ0v) is 9.94. The Morgan fingerprint density at radius 2 is 2.06 bits per heavy atom. The minimum Gasteiger partial charge on any atom is -0.346 e. The number of rotatable bonds is 2. The second-order valence-corrected chi connectivity index (χ2v) is 4.48. The highest BCUT2D eigenvalue weighted by molar-refractivity contribution is 5.96. The van der Waals surface area contributed by atoms with Gasteiger partial charge >= 0.3 is 0 Å². The summed E-state index contributed by atoms with van der Waals surface area (Å²) >= 11 is 0. The average Bonchev–Trinajstić information content (AvgIpc) is 2.62. The summed E-state index contributed by atoms with van der Waals surface area (Å²) in [5.74, 6) is 0.903. The fourth-order valence-corrected chi connectivity index (χ4v) is 1.98. The Hall–Kier alpha value is -1.45. The van der Waals surface area contributed by atoms with Crippen molar-refractivity contribution in [3.63, 3.8) is 0 Å². The van der Waals surface area contributed by atoms with Crippen molar-refractivity contribution in [2.24, 2.45) is 4.99 Å². The molecule has 1 unspecified atom stereocenters. The van der Waals surface area contributed by atoms with Crippen LogP contribution in [0.25, 0.3) is 0 Å². The summed E-state index contributed by atoms with van der Waals surface area (Å²) in [4.78, 5) is 4.37. The van der Waals surface area contributed by atoms with Crippen LogP contribution in [0.5, 0.6) is 0 Å². The standard InChI is InChI=1S/C13H17N2O/c1-10-4-5-12(11(2)8-10)13-14-6-7-15(13,3)9-16/h4-8,16H,9H2,1-3H3/q+1. The molecule has 0 radical (unpaired) electrons. The molecule has 0 saturated carbocycles. The summed E-state index contributed by atoms with van der Waals surface area (Å²) in [6.45, 7) is 4.18. The zero-order chi connectivity index (χ0) is 11.8. The number of aliphatic imine (C=N–C) groups is 1. The zero-order valence-electron chi connectivity index (χ0n) is 9.94. The summed E-state index contributed by atoms with van der Waals surface area (Å²) < 4.78 is 0.351. The third-order valence-corrected chi connectivity index (χ3v) is 2.99. The van der Waals surface area contributed by atoms with Gasteiger partial charge in [-0.3, -0.25) is 0 Å². The van der Waals surface area contributed by atoms with Gasteiger partial charge in [0.25, 0.3) is 0 Å². The molecule has 1 aromatic rings. The highest BCUT2D eigenvalue weighted by Gasteiger charge is 2.31. The van der Waals surface area contributed by atoms with Crippen LogP contribution in [0.15, 0.2) is 35.6 Å². The largest absolute Gasteiger partial charge is 0.346 e. The van der Waals surface area contributed by atoms with Gasteiger partial charge < -0.3 is 5.11 Å². The number of benzene rings is 1. The second-order valence-electron chi connectivity index (χ2n) is 4.48. The first-order chi connectivity index (χ1) is 7.57. The fourth-order valence-electron chi connectivity index (χ4n) is 1.98. The molecule has 1 heterocycles. The first kappa shape index (κ1) is 11.0. The van der Waals surface area contributed by atoms with Gasteiger partial charge in [-0.25, -0.2) is 4.48 Å². The van der Waals surface area contributed by atoms with Crippen LogP contribution in [0.4, 0.5) is 0 Å². The van der Waals surface area contributed by atoms with E-state index in [0.717, 1.165) is 11.4 Å². The SMILES string of the molecule is Cc1ccc(C2=NC=C[N+]2(C)CO)c(C)c1. The summed E-state index contributed by atoms with van der Waals surface area (Å²) in [6, 6.07) is 6.28. The summed E-state index contributed by atoms with van der Waals surface area (Å²) in [5.41, 5.74) is 3.54. The number of hydrogen-bond acceptors (Lipinski definition) is 2. The molecule has 1 atom stereocenters. The van der Waals surface area contributed by atoms with Crippen LogP contribution >= 0.6 is 0 Å². The summed E-state index contributed by atoms with van der Waals surface area (Å²) in [5, 5.41) is 9.44. The Balaban J connectivity index is 2.47. The topological polar surface area (TPSA) is 32.6 Å². The Labute approximate surface area is 95.9 Å². The van der Waals surface area contributed by atoms with E-state index in [1.807, 2.05) is 13.2 Å². The Morgan fingerprint density at radius 3 is 2.69 bits per heavy atom. The Bertz CT molecular complexity index is 477. The lowest BCUT2D eigenvalue weighted by atomic mass is 10.0. The molecular formula is C13H17N2O+. The maximum Gasteiger partial charge on any atom is 0.241 e. The van der Waals surface area contributed by atoms with E-state index < -0.39 is 0 Å². The van der Waals surface area contributed by atoms with Crippen LogP contribution in [0.3, 0.4) is 0 Å². The van der Waals surface area contributed by atoms with Gasteiger partial charge in [0.05, 0.1) is 18.8 Å². The summed E-state index contributed by atoms with van der Waals surface area (Å²) in [6.07, 6.45) is 3.65. The van der Waals surface area contributed by atoms with Crippen LogP contribution in [-0.2, 0) is 0 Å². The average molecular weight is 217 g/mol. The number of aryl methyl sites for hydroxylation is 2. The molecule has 0 aromatic heterocycles. The van der Waals surface area contributed by atoms with E-state index in [9.17, 15) is 5.11 Å². The van der Waals surface area contributed by atoms with Crippen molar-refractivity contribution >= 4 is 5.84 Å². The van der Waals surface area contributed by atoms with Crippen LogP contribution in [0.1, 0.15) is 16.7 Å². The van der Waals surface area contributed by atoms with Crippen molar-refractivity contribution < 1.29 is 9.59 Å². The smallest absolute Gasteiger partial charge is 0.241 e. The predicted octanol–water partition coefficient (Wildman–Crippen LogP) is 1.93. The van der Waals surface area contributed by atoms with E-state index >= 15 is 0 Å². The normalized spacial score (nSPS) is 23.6. The molecule has 1 aliphatic rings. The fraction of sp³-hybridized carbons (Fsp3) is 0.308. The molecule has 2 rings (SSSR count). The lowest BCUT2D eigenvalue weighted by molar-refractivity contribution is -0.786. The van der Waals surface area contributed by atoms with E-state index in [4.69, 9.17) is 0 Å². The molecule has 3 heteroatoms. The third kappa shape index (κ3) is 1.68. The van der Waals surface area contributed by atoms with Crippen molar-refractivity contribution in [1.82, 2.24) is 0 Å². The van der Waals surface area contributed by atoms with E-state index in [1.54, 1.807) is 6.20 Å². The number of aliphatic hydroxyl groups is 1. The maximum atomic E-state index is 9.44. The molecule has 3 nitrogen and oxygen atoms in total. The van der Waals surface area contributed by atoms with Crippen LogP contribution < -0.4 is 0 Å². The number of nitrogens with zero attached hydrogens (tertiary/aromatic N) is 2. The number of quaternary nitrogens is 1. The molecule has 1 N–H and O–H groups in total. The van der Waals surface area contributed by atoms with Crippen LogP contribution in [-0.4, -0.2) is 29.2 Å². The second kappa shape index (κ2) is 3.85. The lowest BCUT2D eigenvalue weighted by Crippen LogP contribution is -2.43. The highest BCUT2D eigenvalue weighted by Crippen LogP contribution is 2.21. The lowest BCUT2D eigenvalue weighted by Gasteiger charge is -2.25. The number of amidine groups is 1. The maximum absolute atomic E-state index is 9.44.